The molecule has 0 radical (unpaired) electrons. The predicted molar refractivity (Wildman–Crippen MR) is 174 cm³/mol. The maximum atomic E-state index is 12.0. The Kier molecular flexibility index (Phi) is 16.5. The maximum Gasteiger partial charge on any atom is 0.543 e. The zero-order valence-electron chi connectivity index (χ0n) is 27.6. The molecule has 0 N–H and O–H groups in total. The first-order valence-corrected chi connectivity index (χ1v) is 22.4. The summed E-state index contributed by atoms with van der Waals surface area (Å²) in [5, 5.41) is 10.9. The van der Waals surface area contributed by atoms with Crippen LogP contribution in [0.1, 0.15) is 72.1 Å². The van der Waals surface area contributed by atoms with Crippen molar-refractivity contribution in [2.75, 3.05) is 13.2 Å². The van der Waals surface area contributed by atoms with Gasteiger partial charge in [-0.1, -0.05) is 112 Å². The van der Waals surface area contributed by atoms with E-state index < -0.39 is 40.4 Å². The Hall–Kier alpha value is -3.73. The van der Waals surface area contributed by atoms with Crippen molar-refractivity contribution in [3.8, 4) is 0 Å². The molecule has 0 aliphatic heterocycles. The molecule has 2 aromatic rings. The van der Waals surface area contributed by atoms with E-state index in [4.69, 9.17) is 9.47 Å². The lowest BCUT2D eigenvalue weighted by molar-refractivity contribution is -0.452. The van der Waals surface area contributed by atoms with Crippen molar-refractivity contribution in [1.82, 2.24) is 0 Å². The van der Waals surface area contributed by atoms with Gasteiger partial charge in [0.05, 0.1) is 50.6 Å². The highest BCUT2D eigenvalue weighted by molar-refractivity contribution is 6.89. The zero-order chi connectivity index (χ0) is 34.0. The Morgan fingerprint density at radius 3 is 1.07 bits per heavy atom. The molecule has 0 bridgehead atoms. The zero-order valence-corrected chi connectivity index (χ0v) is 29.6. The molecule has 0 aliphatic rings. The molecule has 0 aliphatic carbocycles. The van der Waals surface area contributed by atoms with E-state index in [0.29, 0.717) is 12.8 Å². The molecule has 0 heterocycles. The number of hydrogen-bond donors (Lipinski definition) is 0. The second kappa shape index (κ2) is 19.7. The van der Waals surface area contributed by atoms with E-state index in [0.717, 1.165) is 38.5 Å². The smallest absolute Gasteiger partial charge is 0.432 e. The number of benzene rings is 2. The van der Waals surface area contributed by atoms with Gasteiger partial charge in [-0.2, -0.15) is 0 Å². The monoisotopic (exact) mass is 678 g/mol. The van der Waals surface area contributed by atoms with Gasteiger partial charge in [-0.05, 0) is 37.1 Å². The first-order chi connectivity index (χ1) is 21.8. The summed E-state index contributed by atoms with van der Waals surface area (Å²) in [7, 11) is -2.96. The summed E-state index contributed by atoms with van der Waals surface area (Å²) in [6.07, 6.45) is 4.77. The van der Waals surface area contributed by atoms with Crippen molar-refractivity contribution in [2.45, 2.75) is 90.6 Å². The first-order valence-electron chi connectivity index (χ1n) is 15.4. The average Bonchev–Trinajstić information content (AvgIpc) is 3.00. The summed E-state index contributed by atoms with van der Waals surface area (Å²) in [4.78, 5) is 64.7. The standard InChI is InChI=1S/C32H46O12Si2/c1-45(2,3)27-19-15-25(16-20-27)29(33)39-43-41-31(35)37-23-13-11-9-7-8-10-12-14-24-38-32(36)42-44-40-30(34)26-17-21-28(22-18-26)46(4,5)6/h15-22H,7-14,23-24H2,1-6H3. The first kappa shape index (κ1) is 38.5. The van der Waals surface area contributed by atoms with E-state index in [9.17, 15) is 19.2 Å². The molecule has 0 fully saturated rings. The number of hydrogen-bond acceptors (Lipinski definition) is 12. The van der Waals surface area contributed by atoms with Gasteiger partial charge in [0.1, 0.15) is 0 Å². The van der Waals surface area contributed by atoms with E-state index in [1.165, 1.54) is 10.4 Å². The molecule has 0 saturated carbocycles. The van der Waals surface area contributed by atoms with Gasteiger partial charge in [0.25, 0.3) is 0 Å². The minimum Gasteiger partial charge on any atom is -0.432 e. The van der Waals surface area contributed by atoms with Crippen LogP contribution >= 0.6 is 0 Å². The average molecular weight is 679 g/mol. The van der Waals surface area contributed by atoms with Crippen LogP contribution in [-0.2, 0) is 39.1 Å². The third kappa shape index (κ3) is 15.5. The lowest BCUT2D eigenvalue weighted by atomic mass is 10.1. The summed E-state index contributed by atoms with van der Waals surface area (Å²) < 4.78 is 9.78. The third-order valence-electron chi connectivity index (χ3n) is 6.88. The molecule has 0 aromatic heterocycles. The van der Waals surface area contributed by atoms with Gasteiger partial charge in [0.15, 0.2) is 0 Å². The van der Waals surface area contributed by atoms with E-state index in [1.807, 2.05) is 24.3 Å². The van der Waals surface area contributed by atoms with Crippen LogP contribution in [-0.4, -0.2) is 53.6 Å². The molecule has 12 nitrogen and oxygen atoms in total. The van der Waals surface area contributed by atoms with Gasteiger partial charge in [-0.15, -0.1) is 0 Å². The molecule has 0 amide bonds. The van der Waals surface area contributed by atoms with Gasteiger partial charge in [-0.25, -0.2) is 29.0 Å². The van der Waals surface area contributed by atoms with Crippen LogP contribution in [0.5, 0.6) is 0 Å². The summed E-state index contributed by atoms with van der Waals surface area (Å²) in [6.45, 7) is 13.5. The molecule has 254 valence electrons. The van der Waals surface area contributed by atoms with Gasteiger partial charge in [0.2, 0.25) is 0 Å². The largest absolute Gasteiger partial charge is 0.543 e. The number of carbonyl (C=O) groups excluding carboxylic acids is 4. The second-order valence-electron chi connectivity index (χ2n) is 12.7. The fourth-order valence-corrected chi connectivity index (χ4v) is 6.42. The minimum absolute atomic E-state index is 0.149. The SMILES string of the molecule is C[Si](C)(C)c1ccc(C(=O)OOOC(=O)OCCCCCCCCCCOC(=O)OOOC(=O)c2ccc([Si](C)(C)C)cc2)cc1. The Bertz CT molecular complexity index is 1140. The Balaban J connectivity index is 1.38. The molecule has 2 aromatic carbocycles. The maximum absolute atomic E-state index is 12.0. The van der Waals surface area contributed by atoms with Crippen molar-refractivity contribution < 1.29 is 58.3 Å². The molecule has 14 heteroatoms. The summed E-state index contributed by atoms with van der Waals surface area (Å²) in [5.74, 6) is -1.57. The lowest BCUT2D eigenvalue weighted by Gasteiger charge is -2.16. The fourth-order valence-electron chi connectivity index (χ4n) is 4.08. The Morgan fingerprint density at radius 1 is 0.457 bits per heavy atom. The number of carbonyl (C=O) groups is 4. The number of unbranched alkanes of at least 4 members (excludes halogenated alkanes) is 7. The summed E-state index contributed by atoms with van der Waals surface area (Å²) in [5.41, 5.74) is 0.553. The van der Waals surface area contributed by atoms with Gasteiger partial charge in [0, 0.05) is 0 Å². The number of ether oxygens (including phenoxy) is 2. The topological polar surface area (TPSA) is 142 Å². The quantitative estimate of drug-likeness (QED) is 0.0501. The molecule has 2 rings (SSSR count). The van der Waals surface area contributed by atoms with E-state index in [1.54, 1.807) is 24.3 Å². The van der Waals surface area contributed by atoms with Crippen LogP contribution in [0, 0.1) is 0 Å². The van der Waals surface area contributed by atoms with Crippen molar-refractivity contribution in [2.24, 2.45) is 0 Å². The minimum atomic E-state index is -1.48. The highest BCUT2D eigenvalue weighted by Gasteiger charge is 2.19. The predicted octanol–water partition coefficient (Wildman–Crippen LogP) is 6.91. The van der Waals surface area contributed by atoms with Crippen LogP contribution in [0.25, 0.3) is 0 Å². The molecule has 0 spiro atoms. The molecule has 0 atom stereocenters. The normalized spacial score (nSPS) is 11.3. The summed E-state index contributed by atoms with van der Waals surface area (Å²) in [6, 6.07) is 14.1. The second-order valence-corrected chi connectivity index (χ2v) is 22.9. The van der Waals surface area contributed by atoms with E-state index in [2.05, 4.69) is 68.9 Å². The van der Waals surface area contributed by atoms with E-state index >= 15 is 0 Å². The third-order valence-corrected chi connectivity index (χ3v) is 11.0. The van der Waals surface area contributed by atoms with Crippen LogP contribution in [0.15, 0.2) is 48.5 Å². The van der Waals surface area contributed by atoms with Crippen LogP contribution < -0.4 is 10.4 Å². The Labute approximate surface area is 272 Å². The molecule has 0 saturated heterocycles. The molecular formula is C32H46O12Si2. The highest BCUT2D eigenvalue weighted by atomic mass is 28.3. The van der Waals surface area contributed by atoms with Gasteiger partial charge >= 0.3 is 24.2 Å². The molecular weight excluding hydrogens is 633 g/mol. The van der Waals surface area contributed by atoms with Crippen LogP contribution in [0.2, 0.25) is 39.3 Å². The van der Waals surface area contributed by atoms with Gasteiger partial charge in [-0.3, -0.25) is 9.78 Å². The van der Waals surface area contributed by atoms with Crippen molar-refractivity contribution in [3.63, 3.8) is 0 Å². The van der Waals surface area contributed by atoms with Crippen molar-refractivity contribution >= 4 is 50.8 Å². The van der Waals surface area contributed by atoms with Crippen molar-refractivity contribution in [1.29, 1.82) is 0 Å². The Morgan fingerprint density at radius 2 is 0.761 bits per heavy atom. The van der Waals surface area contributed by atoms with Crippen molar-refractivity contribution in [3.05, 3.63) is 59.7 Å². The highest BCUT2D eigenvalue weighted by Crippen LogP contribution is 2.11. The fraction of sp³-hybridized carbons (Fsp3) is 0.500. The van der Waals surface area contributed by atoms with E-state index in [-0.39, 0.29) is 24.3 Å². The van der Waals surface area contributed by atoms with Gasteiger partial charge < -0.3 is 9.47 Å². The van der Waals surface area contributed by atoms with Crippen LogP contribution in [0.4, 0.5) is 9.59 Å². The molecule has 0 unspecified atom stereocenters. The molecule has 46 heavy (non-hydrogen) atoms. The van der Waals surface area contributed by atoms with Crippen LogP contribution in [0.3, 0.4) is 0 Å². The summed E-state index contributed by atoms with van der Waals surface area (Å²) >= 11 is 0. The number of rotatable bonds is 19. The lowest BCUT2D eigenvalue weighted by Crippen LogP contribution is -2.37.